The van der Waals surface area contributed by atoms with E-state index in [0.29, 0.717) is 33.4 Å². The van der Waals surface area contributed by atoms with Crippen molar-refractivity contribution < 1.29 is 4.79 Å². The fourth-order valence-electron chi connectivity index (χ4n) is 4.34. The van der Waals surface area contributed by atoms with Crippen LogP contribution in [0, 0.1) is 11.8 Å². The average Bonchev–Trinajstić information content (AvgIpc) is 3.23. The zero-order valence-electron chi connectivity index (χ0n) is 21.3. The van der Waals surface area contributed by atoms with Gasteiger partial charge in [-0.2, -0.15) is 0 Å². The summed E-state index contributed by atoms with van der Waals surface area (Å²) in [4.78, 5) is 31.7. The predicted molar refractivity (Wildman–Crippen MR) is 148 cm³/mol. The molecule has 0 radical (unpaired) electrons. The number of anilines is 1. The van der Waals surface area contributed by atoms with Gasteiger partial charge in [0.05, 0.1) is 17.0 Å². The molecular formula is C29H27N7O2. The number of carbonyl (C=O) groups is 1. The highest BCUT2D eigenvalue weighted by molar-refractivity contribution is 6.04. The monoisotopic (exact) mass is 505 g/mol. The molecule has 5 N–H and O–H groups in total. The second-order valence-corrected chi connectivity index (χ2v) is 9.63. The van der Waals surface area contributed by atoms with Crippen molar-refractivity contribution in [2.75, 3.05) is 5.73 Å². The number of hydrogen-bond acceptors (Lipinski definition) is 6. The van der Waals surface area contributed by atoms with Crippen LogP contribution in [0.1, 0.15) is 48.4 Å². The first-order valence-electron chi connectivity index (χ1n) is 12.1. The van der Waals surface area contributed by atoms with Crippen LogP contribution in [0.3, 0.4) is 0 Å². The number of nitrogen functional groups attached to an aromatic ring is 1. The summed E-state index contributed by atoms with van der Waals surface area (Å²) in [6.07, 6.45) is 3.24. The normalized spacial score (nSPS) is 12.2. The molecule has 2 aromatic carbocycles. The zero-order valence-corrected chi connectivity index (χ0v) is 21.3. The summed E-state index contributed by atoms with van der Waals surface area (Å²) >= 11 is 0. The number of aromatic nitrogens is 4. The molecule has 3 aromatic heterocycles. The fourth-order valence-corrected chi connectivity index (χ4v) is 4.34. The number of nitrogens with one attached hydrogen (secondary N) is 1. The van der Waals surface area contributed by atoms with Gasteiger partial charge >= 0.3 is 0 Å². The molecule has 5 rings (SSSR count). The number of nitrogens with two attached hydrogens (primary N) is 2. The molecule has 0 aliphatic rings. The second kappa shape index (κ2) is 9.50. The van der Waals surface area contributed by atoms with Crippen LogP contribution in [0.2, 0.25) is 0 Å². The van der Waals surface area contributed by atoms with Crippen molar-refractivity contribution in [3.63, 3.8) is 0 Å². The Morgan fingerprint density at radius 3 is 2.61 bits per heavy atom. The highest BCUT2D eigenvalue weighted by Crippen LogP contribution is 2.24. The maximum absolute atomic E-state index is 14.1. The first-order valence-corrected chi connectivity index (χ1v) is 12.1. The topological polar surface area (TPSA) is 133 Å². The summed E-state index contributed by atoms with van der Waals surface area (Å²) < 4.78 is 3.06. The quantitative estimate of drug-likeness (QED) is 0.321. The number of rotatable bonds is 4. The molecule has 3 heterocycles. The van der Waals surface area contributed by atoms with Crippen LogP contribution < -0.4 is 22.3 Å². The van der Waals surface area contributed by atoms with Gasteiger partial charge in [-0.1, -0.05) is 42.2 Å². The molecule has 38 heavy (non-hydrogen) atoms. The van der Waals surface area contributed by atoms with Crippen molar-refractivity contribution in [1.29, 1.82) is 0 Å². The number of amides is 1. The predicted octanol–water partition coefficient (Wildman–Crippen LogP) is 3.20. The van der Waals surface area contributed by atoms with Crippen molar-refractivity contribution in [2.24, 2.45) is 5.73 Å². The number of nitrogens with zero attached hydrogens (tertiary/aromatic N) is 4. The van der Waals surface area contributed by atoms with E-state index in [1.165, 1.54) is 4.52 Å². The summed E-state index contributed by atoms with van der Waals surface area (Å²) in [6, 6.07) is 17.8. The van der Waals surface area contributed by atoms with Gasteiger partial charge in [0, 0.05) is 29.3 Å². The van der Waals surface area contributed by atoms with Crippen LogP contribution in [-0.2, 0) is 0 Å². The molecular weight excluding hydrogens is 478 g/mol. The van der Waals surface area contributed by atoms with Gasteiger partial charge in [-0.15, -0.1) is 5.10 Å². The van der Waals surface area contributed by atoms with Gasteiger partial charge in [0.1, 0.15) is 5.56 Å². The molecule has 1 unspecified atom stereocenters. The van der Waals surface area contributed by atoms with E-state index in [1.54, 1.807) is 23.0 Å². The number of pyridine rings is 1. The fraction of sp³-hybridized carbons (Fsp3) is 0.172. The van der Waals surface area contributed by atoms with E-state index in [-0.39, 0.29) is 16.9 Å². The first-order chi connectivity index (χ1) is 18.1. The molecule has 0 spiro atoms. The van der Waals surface area contributed by atoms with Gasteiger partial charge in [-0.3, -0.25) is 14.2 Å². The lowest BCUT2D eigenvalue weighted by atomic mass is 10.0. The Hall–Kier alpha value is -4.94. The Bertz CT molecular complexity index is 1800. The summed E-state index contributed by atoms with van der Waals surface area (Å²) in [5.41, 5.74) is 13.5. The highest BCUT2D eigenvalue weighted by atomic mass is 16.2. The maximum Gasteiger partial charge on any atom is 0.264 e. The van der Waals surface area contributed by atoms with Gasteiger partial charge < -0.3 is 16.8 Å². The Balaban J connectivity index is 1.66. The molecule has 0 saturated carbocycles. The minimum absolute atomic E-state index is 0.0680. The average molecular weight is 506 g/mol. The molecule has 5 aromatic rings. The van der Waals surface area contributed by atoms with Gasteiger partial charge in [-0.05, 0) is 56.5 Å². The molecule has 0 saturated heterocycles. The van der Waals surface area contributed by atoms with Crippen molar-refractivity contribution in [1.82, 2.24) is 24.5 Å². The number of fused-ring (bicyclic) bond motifs is 2. The molecule has 0 aliphatic heterocycles. The van der Waals surface area contributed by atoms with Gasteiger partial charge in [0.2, 0.25) is 0 Å². The molecule has 190 valence electrons. The Morgan fingerprint density at radius 2 is 1.87 bits per heavy atom. The highest BCUT2D eigenvalue weighted by Gasteiger charge is 2.24. The van der Waals surface area contributed by atoms with E-state index in [4.69, 9.17) is 11.5 Å². The van der Waals surface area contributed by atoms with Crippen LogP contribution in [0.4, 0.5) is 5.82 Å². The SMILES string of the molecule is CC(NC(=O)c1c(N)nn2cccnc12)c1cc2cccc(C#CC(C)(C)N)c2c(=O)n1-c1ccccc1. The van der Waals surface area contributed by atoms with Crippen molar-refractivity contribution in [3.8, 4) is 17.5 Å². The van der Waals surface area contributed by atoms with Crippen molar-refractivity contribution >= 4 is 28.1 Å². The Kier molecular flexibility index (Phi) is 6.18. The van der Waals surface area contributed by atoms with Crippen LogP contribution in [0.5, 0.6) is 0 Å². The molecule has 1 amide bonds. The number of carbonyl (C=O) groups excluding carboxylic acids is 1. The summed E-state index contributed by atoms with van der Waals surface area (Å²) in [6.45, 7) is 5.43. The minimum atomic E-state index is -0.714. The molecule has 9 heteroatoms. The van der Waals surface area contributed by atoms with E-state index in [0.717, 1.165) is 0 Å². The number of para-hydroxylation sites is 1. The van der Waals surface area contributed by atoms with E-state index in [9.17, 15) is 9.59 Å². The first kappa shape index (κ1) is 24.7. The van der Waals surface area contributed by atoms with Crippen molar-refractivity contribution in [3.05, 3.63) is 100 Å². The maximum atomic E-state index is 14.1. The molecule has 9 nitrogen and oxygen atoms in total. The third-order valence-electron chi connectivity index (χ3n) is 6.05. The van der Waals surface area contributed by atoms with Gasteiger partial charge in [0.25, 0.3) is 11.5 Å². The molecule has 0 bridgehead atoms. The van der Waals surface area contributed by atoms with Crippen LogP contribution in [-0.4, -0.2) is 30.6 Å². The third kappa shape index (κ3) is 4.61. The summed E-state index contributed by atoms with van der Waals surface area (Å²) in [5, 5.41) is 8.33. The second-order valence-electron chi connectivity index (χ2n) is 9.63. The third-order valence-corrected chi connectivity index (χ3v) is 6.05. The van der Waals surface area contributed by atoms with Gasteiger partial charge in [0.15, 0.2) is 11.5 Å². The van der Waals surface area contributed by atoms with Crippen molar-refractivity contribution in [2.45, 2.75) is 32.4 Å². The molecule has 0 aliphatic carbocycles. The minimum Gasteiger partial charge on any atom is -0.381 e. The summed E-state index contributed by atoms with van der Waals surface area (Å²) in [5.74, 6) is 5.72. The lowest BCUT2D eigenvalue weighted by Gasteiger charge is -2.21. The standard InChI is InChI=1S/C29H27N7O2/c1-18(33-27(37)24-25(30)34-35-16-8-15-32-26(24)35)22-17-20-10-7-9-19(13-14-29(2,3)31)23(20)28(38)36(22)21-11-5-4-6-12-21/h4-12,15-18H,31H2,1-3H3,(H2,30,34)(H,33,37). The molecule has 1 atom stereocenters. The number of hydrogen-bond donors (Lipinski definition) is 3. The Morgan fingerprint density at radius 1 is 1.11 bits per heavy atom. The van der Waals surface area contributed by atoms with Crippen LogP contribution in [0.25, 0.3) is 22.1 Å². The van der Waals surface area contributed by atoms with Gasteiger partial charge in [-0.25, -0.2) is 9.50 Å². The van der Waals surface area contributed by atoms with E-state index in [1.807, 2.05) is 75.4 Å². The largest absolute Gasteiger partial charge is 0.381 e. The smallest absolute Gasteiger partial charge is 0.264 e. The van der Waals surface area contributed by atoms with Crippen LogP contribution >= 0.6 is 0 Å². The van der Waals surface area contributed by atoms with E-state index in [2.05, 4.69) is 27.2 Å². The van der Waals surface area contributed by atoms with E-state index < -0.39 is 17.5 Å². The van der Waals surface area contributed by atoms with Crippen LogP contribution in [0.15, 0.2) is 77.9 Å². The lowest BCUT2D eigenvalue weighted by Crippen LogP contribution is -2.32. The summed E-state index contributed by atoms with van der Waals surface area (Å²) in [7, 11) is 0. The molecule has 0 fully saturated rings. The number of benzene rings is 2. The zero-order chi connectivity index (χ0) is 27.0. The Labute approximate surface area is 219 Å². The lowest BCUT2D eigenvalue weighted by molar-refractivity contribution is 0.0941. The van der Waals surface area contributed by atoms with E-state index >= 15 is 0 Å².